The normalized spacial score (nSPS) is 14.0. The topological polar surface area (TPSA) is 61.4 Å². The zero-order valence-electron chi connectivity index (χ0n) is 14.4. The number of benzene rings is 1. The molecular weight excluding hydrogens is 276 g/mol. The highest BCUT2D eigenvalue weighted by Crippen LogP contribution is 2.18. The third-order valence-corrected chi connectivity index (χ3v) is 3.82. The molecule has 3 N–H and O–H groups in total. The van der Waals surface area contributed by atoms with Crippen LogP contribution < -0.4 is 10.6 Å². The predicted octanol–water partition coefficient (Wildman–Crippen LogP) is 3.02. The van der Waals surface area contributed by atoms with Gasteiger partial charge in [0.15, 0.2) is 0 Å². The van der Waals surface area contributed by atoms with Crippen LogP contribution in [0.2, 0.25) is 0 Å². The van der Waals surface area contributed by atoms with E-state index < -0.39 is 0 Å². The van der Waals surface area contributed by atoms with Crippen LogP contribution in [0.15, 0.2) is 18.2 Å². The van der Waals surface area contributed by atoms with Crippen molar-refractivity contribution in [2.75, 3.05) is 11.9 Å². The van der Waals surface area contributed by atoms with Crippen LogP contribution in [0.1, 0.15) is 44.7 Å². The fourth-order valence-corrected chi connectivity index (χ4v) is 2.40. The first kappa shape index (κ1) is 18.7. The lowest BCUT2D eigenvalue weighted by Crippen LogP contribution is -2.36. The highest BCUT2D eigenvalue weighted by Gasteiger charge is 2.13. The maximum atomic E-state index is 12.1. The number of hydrogen-bond donors (Lipinski definition) is 3. The first-order chi connectivity index (χ1) is 10.3. The number of nitrogens with one attached hydrogen (secondary N) is 2. The van der Waals surface area contributed by atoms with Gasteiger partial charge < -0.3 is 15.7 Å². The fourth-order valence-electron chi connectivity index (χ4n) is 2.40. The van der Waals surface area contributed by atoms with E-state index in [1.807, 2.05) is 39.0 Å². The Morgan fingerprint density at radius 1 is 1.23 bits per heavy atom. The Kier molecular flexibility index (Phi) is 7.56. The summed E-state index contributed by atoms with van der Waals surface area (Å²) in [5.74, 6) is 0.465. The number of aliphatic hydroxyl groups is 1. The smallest absolute Gasteiger partial charge is 0.225 e. The molecule has 1 aromatic rings. The first-order valence-electron chi connectivity index (χ1n) is 8.07. The fraction of sp³-hybridized carbons (Fsp3) is 0.611. The molecule has 2 atom stereocenters. The molecule has 1 rings (SSSR count). The van der Waals surface area contributed by atoms with E-state index in [2.05, 4.69) is 24.5 Å². The molecule has 0 fully saturated rings. The summed E-state index contributed by atoms with van der Waals surface area (Å²) < 4.78 is 0. The maximum Gasteiger partial charge on any atom is 0.225 e. The number of rotatable bonds is 8. The Morgan fingerprint density at radius 3 is 2.55 bits per heavy atom. The van der Waals surface area contributed by atoms with Crippen LogP contribution in [0.4, 0.5) is 5.69 Å². The van der Waals surface area contributed by atoms with E-state index in [4.69, 9.17) is 0 Å². The lowest BCUT2D eigenvalue weighted by atomic mass is 10.1. The lowest BCUT2D eigenvalue weighted by molar-refractivity contribution is -0.116. The number of carbonyl (C=O) groups is 1. The van der Waals surface area contributed by atoms with E-state index >= 15 is 0 Å². The summed E-state index contributed by atoms with van der Waals surface area (Å²) in [6.07, 6.45) is 0.806. The average molecular weight is 306 g/mol. The van der Waals surface area contributed by atoms with Gasteiger partial charge in [0, 0.05) is 24.7 Å². The van der Waals surface area contributed by atoms with Gasteiger partial charge in [-0.05, 0) is 50.3 Å². The molecule has 4 heteroatoms. The Labute approximate surface area is 134 Å². The highest BCUT2D eigenvalue weighted by molar-refractivity contribution is 5.92. The Bertz CT molecular complexity index is 486. The van der Waals surface area contributed by atoms with E-state index in [-0.39, 0.29) is 18.1 Å². The van der Waals surface area contributed by atoms with Crippen LogP contribution in [0, 0.1) is 19.8 Å². The molecule has 1 amide bonds. The molecule has 0 bridgehead atoms. The summed E-state index contributed by atoms with van der Waals surface area (Å²) in [7, 11) is 0. The van der Waals surface area contributed by atoms with Crippen LogP contribution in [0.25, 0.3) is 0 Å². The first-order valence-corrected chi connectivity index (χ1v) is 8.07. The van der Waals surface area contributed by atoms with Crippen molar-refractivity contribution in [3.8, 4) is 0 Å². The van der Waals surface area contributed by atoms with Crippen molar-refractivity contribution in [2.45, 2.75) is 59.6 Å². The van der Waals surface area contributed by atoms with Gasteiger partial charge >= 0.3 is 0 Å². The van der Waals surface area contributed by atoms with Crippen LogP contribution >= 0.6 is 0 Å². The van der Waals surface area contributed by atoms with Crippen LogP contribution in [-0.4, -0.2) is 29.7 Å². The van der Waals surface area contributed by atoms with Crippen molar-refractivity contribution in [2.24, 2.45) is 5.92 Å². The maximum absolute atomic E-state index is 12.1. The second-order valence-corrected chi connectivity index (χ2v) is 6.59. The van der Waals surface area contributed by atoms with Crippen LogP contribution in [0.3, 0.4) is 0 Å². The van der Waals surface area contributed by atoms with Crippen molar-refractivity contribution < 1.29 is 9.90 Å². The second kappa shape index (κ2) is 8.91. The average Bonchev–Trinajstić information content (AvgIpc) is 2.41. The van der Waals surface area contributed by atoms with Gasteiger partial charge in [-0.3, -0.25) is 4.79 Å². The summed E-state index contributed by atoms with van der Waals surface area (Å²) in [5, 5.41) is 16.0. The number of carbonyl (C=O) groups excluding carboxylic acids is 1. The predicted molar refractivity (Wildman–Crippen MR) is 92.1 cm³/mol. The Morgan fingerprint density at radius 2 is 1.91 bits per heavy atom. The highest BCUT2D eigenvalue weighted by atomic mass is 16.3. The lowest BCUT2D eigenvalue weighted by Gasteiger charge is -2.18. The van der Waals surface area contributed by atoms with Gasteiger partial charge in [-0.15, -0.1) is 0 Å². The molecule has 2 unspecified atom stereocenters. The quantitative estimate of drug-likeness (QED) is 0.692. The molecule has 0 radical (unpaired) electrons. The van der Waals surface area contributed by atoms with Gasteiger partial charge in [0.2, 0.25) is 5.91 Å². The van der Waals surface area contributed by atoms with Crippen molar-refractivity contribution in [3.63, 3.8) is 0 Å². The van der Waals surface area contributed by atoms with Gasteiger partial charge in [-0.2, -0.15) is 0 Å². The molecule has 0 aliphatic rings. The molecule has 4 nitrogen and oxygen atoms in total. The monoisotopic (exact) mass is 306 g/mol. The summed E-state index contributed by atoms with van der Waals surface area (Å²) in [5.41, 5.74) is 3.14. The molecule has 0 aliphatic heterocycles. The molecule has 0 saturated carbocycles. The summed E-state index contributed by atoms with van der Waals surface area (Å²) in [6.45, 7) is 10.7. The molecule has 124 valence electrons. The second-order valence-electron chi connectivity index (χ2n) is 6.59. The van der Waals surface area contributed by atoms with E-state index in [0.717, 1.165) is 17.7 Å². The van der Waals surface area contributed by atoms with Gasteiger partial charge in [-0.1, -0.05) is 26.0 Å². The molecular formula is C18H30N2O2. The number of amides is 1. The Hall–Kier alpha value is -1.39. The number of hydrogen-bond acceptors (Lipinski definition) is 3. The van der Waals surface area contributed by atoms with E-state index in [0.29, 0.717) is 18.9 Å². The zero-order chi connectivity index (χ0) is 16.7. The van der Waals surface area contributed by atoms with Gasteiger partial charge in [0.1, 0.15) is 0 Å². The standard InChI is InChI=1S/C18H30N2O2/c1-12(2)9-16(21)11-19-14(4)10-18(22)20-17-8-6-7-13(3)15(17)5/h6-8,12,14,16,19,21H,9-11H2,1-5H3,(H,20,22). The molecule has 0 aliphatic carbocycles. The van der Waals surface area contributed by atoms with Crippen LogP contribution in [0.5, 0.6) is 0 Å². The minimum atomic E-state index is -0.357. The molecule has 0 spiro atoms. The summed E-state index contributed by atoms with van der Waals surface area (Å²) in [6, 6.07) is 5.93. The van der Waals surface area contributed by atoms with E-state index in [1.165, 1.54) is 5.56 Å². The van der Waals surface area contributed by atoms with Crippen molar-refractivity contribution in [3.05, 3.63) is 29.3 Å². The summed E-state index contributed by atoms with van der Waals surface area (Å²) >= 11 is 0. The number of anilines is 1. The minimum Gasteiger partial charge on any atom is -0.392 e. The van der Waals surface area contributed by atoms with Crippen molar-refractivity contribution >= 4 is 11.6 Å². The number of aliphatic hydroxyl groups excluding tert-OH is 1. The third kappa shape index (κ3) is 6.58. The largest absolute Gasteiger partial charge is 0.392 e. The van der Waals surface area contributed by atoms with Gasteiger partial charge in [-0.25, -0.2) is 0 Å². The third-order valence-electron chi connectivity index (χ3n) is 3.82. The van der Waals surface area contributed by atoms with E-state index in [1.54, 1.807) is 0 Å². The zero-order valence-corrected chi connectivity index (χ0v) is 14.4. The molecule has 22 heavy (non-hydrogen) atoms. The minimum absolute atomic E-state index is 0.00736. The molecule has 0 saturated heterocycles. The van der Waals surface area contributed by atoms with Gasteiger partial charge in [0.05, 0.1) is 6.10 Å². The SMILES string of the molecule is Cc1cccc(NC(=O)CC(C)NCC(O)CC(C)C)c1C. The summed E-state index contributed by atoms with van der Waals surface area (Å²) in [4.78, 5) is 12.1. The molecule has 1 aromatic carbocycles. The van der Waals surface area contributed by atoms with Crippen molar-refractivity contribution in [1.82, 2.24) is 5.32 Å². The molecule has 0 aromatic heterocycles. The van der Waals surface area contributed by atoms with Gasteiger partial charge in [0.25, 0.3) is 0 Å². The van der Waals surface area contributed by atoms with E-state index in [9.17, 15) is 9.90 Å². The molecule has 0 heterocycles. The Balaban J connectivity index is 2.39. The van der Waals surface area contributed by atoms with Crippen LogP contribution in [-0.2, 0) is 4.79 Å². The van der Waals surface area contributed by atoms with Crippen molar-refractivity contribution in [1.29, 1.82) is 0 Å². The number of aryl methyl sites for hydroxylation is 1.